The third-order valence-corrected chi connectivity index (χ3v) is 7.30. The number of hydrogen-bond donors (Lipinski definition) is 0. The van der Waals surface area contributed by atoms with E-state index in [0.717, 1.165) is 29.5 Å². The molecule has 5 rings (SSSR count). The maximum atomic E-state index is 13.2. The van der Waals surface area contributed by atoms with Crippen LogP contribution in [0.15, 0.2) is 42.6 Å². The van der Waals surface area contributed by atoms with Crippen LogP contribution in [0.25, 0.3) is 5.57 Å². The SMILES string of the molecule is C[C@@H]1CN(c2ccc(C(F)(F)F)nc2)C[C@H](C)N1CC(=O)N1CC=C(c2ccc3c(c2)OCCO3)CC1. The number of carbonyl (C=O) groups excluding carboxylic acids is 1. The number of aromatic nitrogens is 1. The normalized spacial score (nSPS) is 22.6. The highest BCUT2D eigenvalue weighted by atomic mass is 19.4. The van der Waals surface area contributed by atoms with Gasteiger partial charge in [-0.1, -0.05) is 12.1 Å². The molecule has 37 heavy (non-hydrogen) atoms. The molecule has 0 aliphatic carbocycles. The highest BCUT2D eigenvalue weighted by Crippen LogP contribution is 2.34. The van der Waals surface area contributed by atoms with Gasteiger partial charge in [-0.05, 0) is 55.7 Å². The summed E-state index contributed by atoms with van der Waals surface area (Å²) in [5.74, 6) is 1.61. The fourth-order valence-electron chi connectivity index (χ4n) is 5.28. The van der Waals surface area contributed by atoms with Crippen molar-refractivity contribution >= 4 is 17.2 Å². The van der Waals surface area contributed by atoms with E-state index in [2.05, 4.69) is 16.0 Å². The van der Waals surface area contributed by atoms with Gasteiger partial charge in [0.15, 0.2) is 11.5 Å². The van der Waals surface area contributed by atoms with E-state index in [1.165, 1.54) is 17.8 Å². The van der Waals surface area contributed by atoms with Gasteiger partial charge in [0.2, 0.25) is 5.91 Å². The van der Waals surface area contributed by atoms with Crippen molar-refractivity contribution in [3.63, 3.8) is 0 Å². The molecule has 0 unspecified atom stereocenters. The Morgan fingerprint density at radius 2 is 1.78 bits per heavy atom. The number of nitrogens with zero attached hydrogens (tertiary/aromatic N) is 4. The number of piperazine rings is 1. The molecule has 0 saturated carbocycles. The molecule has 0 N–H and O–H groups in total. The minimum absolute atomic E-state index is 0.0589. The lowest BCUT2D eigenvalue weighted by atomic mass is 9.98. The minimum Gasteiger partial charge on any atom is -0.486 e. The molecule has 2 atom stereocenters. The third-order valence-electron chi connectivity index (χ3n) is 7.30. The summed E-state index contributed by atoms with van der Waals surface area (Å²) in [5, 5.41) is 0. The van der Waals surface area contributed by atoms with Gasteiger partial charge in [0, 0.05) is 38.3 Å². The van der Waals surface area contributed by atoms with Crippen LogP contribution in [0.2, 0.25) is 0 Å². The maximum absolute atomic E-state index is 13.2. The van der Waals surface area contributed by atoms with Gasteiger partial charge < -0.3 is 19.3 Å². The van der Waals surface area contributed by atoms with E-state index >= 15 is 0 Å². The highest BCUT2D eigenvalue weighted by molar-refractivity contribution is 5.80. The molecule has 0 spiro atoms. The molecule has 1 aromatic carbocycles. The monoisotopic (exact) mass is 516 g/mol. The molecule has 1 fully saturated rings. The van der Waals surface area contributed by atoms with E-state index < -0.39 is 11.9 Å². The summed E-state index contributed by atoms with van der Waals surface area (Å²) < 4.78 is 49.8. The number of halogens is 3. The molecule has 7 nitrogen and oxygen atoms in total. The topological polar surface area (TPSA) is 58.1 Å². The van der Waals surface area contributed by atoms with E-state index in [9.17, 15) is 18.0 Å². The first-order chi connectivity index (χ1) is 17.7. The van der Waals surface area contributed by atoms with Crippen LogP contribution in [0.5, 0.6) is 11.5 Å². The molecular formula is C27H31F3N4O3. The third kappa shape index (κ3) is 5.53. The Kier molecular flexibility index (Phi) is 7.02. The molecule has 3 aliphatic heterocycles. The molecule has 1 amide bonds. The fourth-order valence-corrected chi connectivity index (χ4v) is 5.28. The van der Waals surface area contributed by atoms with Crippen molar-refractivity contribution in [2.75, 3.05) is 50.8 Å². The number of fused-ring (bicyclic) bond motifs is 1. The second-order valence-corrected chi connectivity index (χ2v) is 9.85. The Labute approximate surface area is 214 Å². The summed E-state index contributed by atoms with van der Waals surface area (Å²) in [6.45, 7) is 7.94. The van der Waals surface area contributed by atoms with Crippen molar-refractivity contribution in [2.45, 2.75) is 38.5 Å². The average molecular weight is 517 g/mol. The van der Waals surface area contributed by atoms with Crippen molar-refractivity contribution in [2.24, 2.45) is 0 Å². The number of alkyl halides is 3. The molecule has 4 heterocycles. The molecule has 1 aromatic heterocycles. The standard InChI is InChI=1S/C27H31F3N4O3/c1-18-15-33(22-4-6-25(31-14-22)27(28,29)30)16-19(2)34(18)17-26(35)32-9-7-20(8-10-32)21-3-5-23-24(13-21)37-12-11-36-23/h3-7,13-14,18-19H,8-12,15-17H2,1-2H3/t18-,19+. The van der Waals surface area contributed by atoms with Gasteiger partial charge >= 0.3 is 6.18 Å². The minimum atomic E-state index is -4.45. The molecule has 10 heteroatoms. The first kappa shape index (κ1) is 25.4. The molecule has 198 valence electrons. The second kappa shape index (κ2) is 10.2. The first-order valence-electron chi connectivity index (χ1n) is 12.6. The number of hydrogen-bond acceptors (Lipinski definition) is 6. The number of pyridine rings is 1. The Hall–Kier alpha value is -3.27. The van der Waals surface area contributed by atoms with Gasteiger partial charge in [0.1, 0.15) is 18.9 Å². The first-order valence-corrected chi connectivity index (χ1v) is 12.6. The number of anilines is 1. The predicted octanol–water partition coefficient (Wildman–Crippen LogP) is 4.09. The van der Waals surface area contributed by atoms with Gasteiger partial charge in [-0.25, -0.2) is 4.98 Å². The molecule has 0 radical (unpaired) electrons. The molecule has 0 bridgehead atoms. The van der Waals surface area contributed by atoms with Gasteiger partial charge in [-0.2, -0.15) is 13.2 Å². The lowest BCUT2D eigenvalue weighted by Gasteiger charge is -2.45. The van der Waals surface area contributed by atoms with Crippen LogP contribution in [0.1, 0.15) is 31.5 Å². The second-order valence-electron chi connectivity index (χ2n) is 9.85. The van der Waals surface area contributed by atoms with Crippen LogP contribution in [-0.2, 0) is 11.0 Å². The molecular weight excluding hydrogens is 485 g/mol. The summed E-state index contributed by atoms with van der Waals surface area (Å²) in [6.07, 6.45) is -0.296. The number of amides is 1. The summed E-state index contributed by atoms with van der Waals surface area (Å²) in [5.41, 5.74) is 2.05. The number of benzene rings is 1. The van der Waals surface area contributed by atoms with Crippen LogP contribution in [0.4, 0.5) is 18.9 Å². The van der Waals surface area contributed by atoms with Crippen molar-refractivity contribution in [1.29, 1.82) is 0 Å². The number of ether oxygens (including phenoxy) is 2. The summed E-state index contributed by atoms with van der Waals surface area (Å²) in [6, 6.07) is 8.58. The van der Waals surface area contributed by atoms with E-state index in [1.54, 1.807) is 0 Å². The van der Waals surface area contributed by atoms with Crippen LogP contribution in [0.3, 0.4) is 0 Å². The zero-order valence-electron chi connectivity index (χ0n) is 21.0. The van der Waals surface area contributed by atoms with Crippen molar-refractivity contribution in [3.05, 3.63) is 53.9 Å². The summed E-state index contributed by atoms with van der Waals surface area (Å²) in [4.78, 5) is 22.9. The van der Waals surface area contributed by atoms with Crippen LogP contribution >= 0.6 is 0 Å². The fraction of sp³-hybridized carbons (Fsp3) is 0.481. The summed E-state index contributed by atoms with van der Waals surface area (Å²) in [7, 11) is 0. The largest absolute Gasteiger partial charge is 0.486 e. The smallest absolute Gasteiger partial charge is 0.433 e. The van der Waals surface area contributed by atoms with Crippen LogP contribution in [0, 0.1) is 0 Å². The zero-order valence-corrected chi connectivity index (χ0v) is 21.0. The number of carbonyl (C=O) groups is 1. The Balaban J connectivity index is 1.17. The summed E-state index contributed by atoms with van der Waals surface area (Å²) >= 11 is 0. The van der Waals surface area contributed by atoms with Crippen LogP contribution < -0.4 is 14.4 Å². The van der Waals surface area contributed by atoms with E-state index in [-0.39, 0.29) is 18.0 Å². The van der Waals surface area contributed by atoms with Gasteiger partial charge in [0.25, 0.3) is 0 Å². The van der Waals surface area contributed by atoms with E-state index in [1.807, 2.05) is 41.8 Å². The number of rotatable bonds is 4. The molecule has 1 saturated heterocycles. The Bertz CT molecular complexity index is 1160. The maximum Gasteiger partial charge on any atom is 0.433 e. The van der Waals surface area contributed by atoms with Gasteiger partial charge in [0.05, 0.1) is 18.4 Å². The van der Waals surface area contributed by atoms with Crippen molar-refractivity contribution in [3.8, 4) is 11.5 Å². The Morgan fingerprint density at radius 1 is 1.05 bits per heavy atom. The lowest BCUT2D eigenvalue weighted by Crippen LogP contribution is -2.59. The molecule has 2 aromatic rings. The van der Waals surface area contributed by atoms with Gasteiger partial charge in [-0.15, -0.1) is 0 Å². The van der Waals surface area contributed by atoms with Crippen molar-refractivity contribution < 1.29 is 27.4 Å². The zero-order chi connectivity index (χ0) is 26.2. The average Bonchev–Trinajstić information content (AvgIpc) is 2.90. The van der Waals surface area contributed by atoms with E-state index in [4.69, 9.17) is 9.47 Å². The highest BCUT2D eigenvalue weighted by Gasteiger charge is 2.34. The lowest BCUT2D eigenvalue weighted by molar-refractivity contribution is -0.141. The van der Waals surface area contributed by atoms with E-state index in [0.29, 0.717) is 51.6 Å². The van der Waals surface area contributed by atoms with Crippen LogP contribution in [-0.4, -0.2) is 78.7 Å². The predicted molar refractivity (Wildman–Crippen MR) is 134 cm³/mol. The van der Waals surface area contributed by atoms with Crippen molar-refractivity contribution in [1.82, 2.24) is 14.8 Å². The quantitative estimate of drug-likeness (QED) is 0.611. The Morgan fingerprint density at radius 3 is 2.41 bits per heavy atom. The molecule has 3 aliphatic rings. The van der Waals surface area contributed by atoms with Gasteiger partial charge in [-0.3, -0.25) is 9.69 Å².